The minimum Gasteiger partial charge on any atom is -0.436 e. The quantitative estimate of drug-likeness (QED) is 0.514. The van der Waals surface area contributed by atoms with Gasteiger partial charge in [0.05, 0.1) is 17.1 Å². The summed E-state index contributed by atoms with van der Waals surface area (Å²) in [5, 5.41) is 7.18. The van der Waals surface area contributed by atoms with Crippen LogP contribution in [0, 0.1) is 0 Å². The van der Waals surface area contributed by atoms with Gasteiger partial charge in [0.15, 0.2) is 0 Å². The van der Waals surface area contributed by atoms with Gasteiger partial charge in [-0.1, -0.05) is 30.3 Å². The van der Waals surface area contributed by atoms with Crippen molar-refractivity contribution in [3.63, 3.8) is 0 Å². The minimum absolute atomic E-state index is 0.0285. The lowest BCUT2D eigenvalue weighted by Crippen LogP contribution is -2.36. The highest BCUT2D eigenvalue weighted by Gasteiger charge is 2.20. The first-order valence-corrected chi connectivity index (χ1v) is 10.2. The van der Waals surface area contributed by atoms with Crippen LogP contribution in [0.1, 0.15) is 12.8 Å². The summed E-state index contributed by atoms with van der Waals surface area (Å²) in [6, 6.07) is 16.4. The molecule has 1 saturated heterocycles. The number of hydrogen-bond acceptors (Lipinski definition) is 6. The first-order chi connectivity index (χ1) is 15.2. The van der Waals surface area contributed by atoms with Gasteiger partial charge in [0.1, 0.15) is 12.3 Å². The maximum atomic E-state index is 13.1. The normalized spacial score (nSPS) is 16.1. The van der Waals surface area contributed by atoms with E-state index in [1.807, 2.05) is 30.3 Å². The standard InChI is InChI=1S/C22H21N5O4/c28-19(23-13-16-9-6-12-30-16)14-26-22(29)27-18-11-5-4-10-17(18)24-21(20(27)25-26)31-15-7-2-1-3-8-15/h1-5,7-8,10-11,16H,6,9,12-14H2,(H,23,28). The Hall–Kier alpha value is -3.72. The number of amides is 1. The lowest BCUT2D eigenvalue weighted by atomic mass is 10.2. The van der Waals surface area contributed by atoms with E-state index < -0.39 is 5.69 Å². The third-order valence-electron chi connectivity index (χ3n) is 5.18. The Labute approximate surface area is 177 Å². The van der Waals surface area contributed by atoms with Crippen molar-refractivity contribution < 1.29 is 14.3 Å². The van der Waals surface area contributed by atoms with Gasteiger partial charge in [-0.15, -0.1) is 5.10 Å². The summed E-state index contributed by atoms with van der Waals surface area (Å²) in [6.45, 7) is 0.941. The van der Waals surface area contributed by atoms with Crippen LogP contribution >= 0.6 is 0 Å². The average molecular weight is 419 g/mol. The molecule has 1 aliphatic heterocycles. The van der Waals surface area contributed by atoms with Crippen LogP contribution < -0.4 is 15.7 Å². The van der Waals surface area contributed by atoms with Gasteiger partial charge in [-0.25, -0.2) is 18.9 Å². The van der Waals surface area contributed by atoms with Gasteiger partial charge in [0.25, 0.3) is 5.88 Å². The zero-order valence-electron chi connectivity index (χ0n) is 16.7. The molecular weight excluding hydrogens is 398 g/mol. The molecule has 0 radical (unpaired) electrons. The zero-order valence-corrected chi connectivity index (χ0v) is 16.7. The molecule has 2 aromatic heterocycles. The molecular formula is C22H21N5O4. The molecule has 2 aromatic carbocycles. The van der Waals surface area contributed by atoms with Crippen LogP contribution in [0.2, 0.25) is 0 Å². The van der Waals surface area contributed by atoms with Crippen molar-refractivity contribution in [2.45, 2.75) is 25.5 Å². The highest BCUT2D eigenvalue weighted by molar-refractivity contribution is 5.80. The number of carbonyl (C=O) groups is 1. The van der Waals surface area contributed by atoms with Gasteiger partial charge in [-0.2, -0.15) is 0 Å². The third-order valence-corrected chi connectivity index (χ3v) is 5.18. The summed E-state index contributed by atoms with van der Waals surface area (Å²) < 4.78 is 14.0. The first-order valence-electron chi connectivity index (χ1n) is 10.2. The molecule has 1 fully saturated rings. The Morgan fingerprint density at radius 1 is 1.16 bits per heavy atom. The lowest BCUT2D eigenvalue weighted by molar-refractivity contribution is -0.122. The van der Waals surface area contributed by atoms with Crippen molar-refractivity contribution in [3.8, 4) is 11.6 Å². The van der Waals surface area contributed by atoms with Crippen molar-refractivity contribution in [3.05, 3.63) is 65.1 Å². The zero-order chi connectivity index (χ0) is 21.2. The van der Waals surface area contributed by atoms with Gasteiger partial charge in [-0.05, 0) is 37.1 Å². The summed E-state index contributed by atoms with van der Waals surface area (Å²) in [6.07, 6.45) is 1.95. The molecule has 3 heterocycles. The maximum Gasteiger partial charge on any atom is 0.351 e. The summed E-state index contributed by atoms with van der Waals surface area (Å²) in [5.41, 5.74) is 0.998. The lowest BCUT2D eigenvalue weighted by Gasteiger charge is -2.10. The topological polar surface area (TPSA) is 99.8 Å². The number of hydrogen-bond donors (Lipinski definition) is 1. The molecule has 9 heteroatoms. The Kier molecular flexibility index (Phi) is 5.09. The summed E-state index contributed by atoms with van der Waals surface area (Å²) in [5.74, 6) is 0.466. The molecule has 0 spiro atoms. The van der Waals surface area contributed by atoms with E-state index in [1.165, 1.54) is 4.40 Å². The number of rotatable bonds is 6. The minimum atomic E-state index is -0.432. The fourth-order valence-electron chi connectivity index (χ4n) is 3.67. The highest BCUT2D eigenvalue weighted by atomic mass is 16.5. The molecule has 1 amide bonds. The van der Waals surface area contributed by atoms with Crippen molar-refractivity contribution >= 4 is 22.6 Å². The van der Waals surface area contributed by atoms with Crippen LogP contribution in [0.15, 0.2) is 59.4 Å². The van der Waals surface area contributed by atoms with E-state index in [2.05, 4.69) is 15.4 Å². The molecule has 1 aliphatic rings. The van der Waals surface area contributed by atoms with Crippen LogP contribution in [0.5, 0.6) is 11.6 Å². The van der Waals surface area contributed by atoms with Gasteiger partial charge in [-0.3, -0.25) is 4.79 Å². The van der Waals surface area contributed by atoms with Gasteiger partial charge >= 0.3 is 5.69 Å². The van der Waals surface area contributed by atoms with E-state index in [9.17, 15) is 9.59 Å². The molecule has 1 unspecified atom stereocenters. The fourth-order valence-corrected chi connectivity index (χ4v) is 3.67. The van der Waals surface area contributed by atoms with Crippen molar-refractivity contribution in [1.29, 1.82) is 0 Å². The van der Waals surface area contributed by atoms with Gasteiger partial charge in [0.2, 0.25) is 11.6 Å². The Bertz CT molecular complexity index is 1290. The van der Waals surface area contributed by atoms with Crippen LogP contribution in [0.25, 0.3) is 16.7 Å². The molecule has 1 N–H and O–H groups in total. The number of aromatic nitrogens is 4. The van der Waals surface area contributed by atoms with Crippen LogP contribution in [-0.4, -0.2) is 44.3 Å². The Morgan fingerprint density at radius 2 is 1.97 bits per heavy atom. The van der Waals surface area contributed by atoms with E-state index >= 15 is 0 Å². The molecule has 1 atom stereocenters. The predicted molar refractivity (Wildman–Crippen MR) is 113 cm³/mol. The summed E-state index contributed by atoms with van der Waals surface area (Å²) in [4.78, 5) is 30.1. The Balaban J connectivity index is 1.50. The molecule has 158 valence electrons. The smallest absolute Gasteiger partial charge is 0.351 e. The second-order valence-corrected chi connectivity index (χ2v) is 7.36. The van der Waals surface area contributed by atoms with E-state index in [0.717, 1.165) is 24.1 Å². The van der Waals surface area contributed by atoms with Crippen LogP contribution in [0.4, 0.5) is 0 Å². The van der Waals surface area contributed by atoms with Crippen LogP contribution in [-0.2, 0) is 16.1 Å². The van der Waals surface area contributed by atoms with Gasteiger partial charge < -0.3 is 14.8 Å². The first kappa shape index (κ1) is 19.3. The number of fused-ring (bicyclic) bond motifs is 3. The van der Waals surface area contributed by atoms with E-state index in [0.29, 0.717) is 23.3 Å². The molecule has 5 rings (SSSR count). The fraction of sp³-hybridized carbons (Fsp3) is 0.273. The number of ether oxygens (including phenoxy) is 2. The van der Waals surface area contributed by atoms with Gasteiger partial charge in [0, 0.05) is 13.2 Å². The molecule has 9 nitrogen and oxygen atoms in total. The maximum absolute atomic E-state index is 13.1. The second kappa shape index (κ2) is 8.19. The molecule has 31 heavy (non-hydrogen) atoms. The SMILES string of the molecule is O=C(Cn1nc2c(Oc3ccccc3)nc3ccccc3n2c1=O)NCC1CCCO1. The van der Waals surface area contributed by atoms with E-state index in [4.69, 9.17) is 9.47 Å². The number of para-hydroxylation sites is 3. The van der Waals surface area contributed by atoms with Crippen molar-refractivity contribution in [2.75, 3.05) is 13.2 Å². The van der Waals surface area contributed by atoms with Crippen LogP contribution in [0.3, 0.4) is 0 Å². The third kappa shape index (κ3) is 3.87. The molecule has 0 aliphatic carbocycles. The van der Waals surface area contributed by atoms with E-state index in [1.54, 1.807) is 24.3 Å². The largest absolute Gasteiger partial charge is 0.436 e. The average Bonchev–Trinajstić information content (AvgIpc) is 3.42. The summed E-state index contributed by atoms with van der Waals surface area (Å²) in [7, 11) is 0. The van der Waals surface area contributed by atoms with Crippen molar-refractivity contribution in [2.24, 2.45) is 0 Å². The number of carbonyl (C=O) groups excluding carboxylic acids is 1. The number of nitrogens with one attached hydrogen (secondary N) is 1. The summed E-state index contributed by atoms with van der Waals surface area (Å²) >= 11 is 0. The second-order valence-electron chi connectivity index (χ2n) is 7.36. The van der Waals surface area contributed by atoms with Crippen molar-refractivity contribution in [1.82, 2.24) is 24.5 Å². The molecule has 0 saturated carbocycles. The number of benzene rings is 2. The molecule has 0 bridgehead atoms. The predicted octanol–water partition coefficient (Wildman–Crippen LogP) is 2.13. The molecule has 4 aromatic rings. The highest BCUT2D eigenvalue weighted by Crippen LogP contribution is 2.25. The number of nitrogens with zero attached hydrogens (tertiary/aromatic N) is 4. The van der Waals surface area contributed by atoms with E-state index in [-0.39, 0.29) is 30.1 Å². The monoisotopic (exact) mass is 419 g/mol. The Morgan fingerprint density at radius 3 is 2.77 bits per heavy atom.